The SMILES string of the molecule is C[C@@]12Cc3[nH]c(-c4ccncc4)c(Cc4ccccc4)c3C(=O)[C@@H]1C2.C[C@]12Cc3[nH]c(-c4ccncc4)c(Cc4ccccc4)c3C(=O)[C@H]1C2. The number of rotatable bonds is 6. The number of nitrogens with zero attached hydrogens (tertiary/aromatic N) is 2. The van der Waals surface area contributed by atoms with Crippen molar-refractivity contribution in [2.24, 2.45) is 22.7 Å². The zero-order valence-electron chi connectivity index (χ0n) is 28.5. The van der Waals surface area contributed by atoms with E-state index in [0.29, 0.717) is 11.6 Å². The Morgan fingerprint density at radius 1 is 0.580 bits per heavy atom. The Labute approximate surface area is 292 Å². The Hall–Kier alpha value is -5.36. The lowest BCUT2D eigenvalue weighted by atomic mass is 9.84. The molecular formula is C44H40N4O2. The predicted molar refractivity (Wildman–Crippen MR) is 195 cm³/mol. The molecule has 50 heavy (non-hydrogen) atoms. The van der Waals surface area contributed by atoms with Gasteiger partial charge in [0.15, 0.2) is 11.6 Å². The Bertz CT molecular complexity index is 2080. The lowest BCUT2D eigenvalue weighted by Gasteiger charge is -2.17. The highest BCUT2D eigenvalue weighted by Crippen LogP contribution is 2.61. The van der Waals surface area contributed by atoms with Gasteiger partial charge >= 0.3 is 0 Å². The minimum Gasteiger partial charge on any atom is -0.358 e. The number of nitrogens with one attached hydrogen (secondary N) is 2. The van der Waals surface area contributed by atoms with Crippen LogP contribution < -0.4 is 0 Å². The summed E-state index contributed by atoms with van der Waals surface area (Å²) in [6.45, 7) is 4.48. The van der Waals surface area contributed by atoms with Crippen molar-refractivity contribution in [2.75, 3.05) is 0 Å². The van der Waals surface area contributed by atoms with Gasteiger partial charge in [-0.25, -0.2) is 0 Å². The molecule has 6 aromatic rings. The van der Waals surface area contributed by atoms with E-state index in [4.69, 9.17) is 0 Å². The third kappa shape index (κ3) is 5.25. The molecule has 2 saturated carbocycles. The topological polar surface area (TPSA) is 91.5 Å². The summed E-state index contributed by atoms with van der Waals surface area (Å²) in [6.07, 6.45) is 12.8. The van der Waals surface area contributed by atoms with Crippen LogP contribution in [0.1, 0.15) is 81.0 Å². The van der Waals surface area contributed by atoms with Crippen LogP contribution in [0.4, 0.5) is 0 Å². The molecule has 0 unspecified atom stereocenters. The molecule has 4 atom stereocenters. The van der Waals surface area contributed by atoms with Gasteiger partial charge in [-0.15, -0.1) is 0 Å². The maximum Gasteiger partial charge on any atom is 0.168 e. The number of fused-ring (bicyclic) bond motifs is 4. The molecule has 4 heterocycles. The molecule has 2 fully saturated rings. The predicted octanol–water partition coefficient (Wildman–Crippen LogP) is 8.87. The van der Waals surface area contributed by atoms with E-state index in [1.807, 2.05) is 61.2 Å². The van der Waals surface area contributed by atoms with E-state index in [0.717, 1.165) is 94.7 Å². The Morgan fingerprint density at radius 3 is 1.34 bits per heavy atom. The quantitative estimate of drug-likeness (QED) is 0.187. The Morgan fingerprint density at radius 2 is 0.960 bits per heavy atom. The molecule has 4 aromatic heterocycles. The van der Waals surface area contributed by atoms with E-state index in [-0.39, 0.29) is 22.7 Å². The average Bonchev–Trinajstić information content (AvgIpc) is 3.93. The lowest BCUT2D eigenvalue weighted by molar-refractivity contribution is 0.0931. The number of ketones is 2. The molecule has 6 nitrogen and oxygen atoms in total. The van der Waals surface area contributed by atoms with Gasteiger partial charge in [0, 0.05) is 83.1 Å². The van der Waals surface area contributed by atoms with Crippen LogP contribution in [-0.4, -0.2) is 31.5 Å². The van der Waals surface area contributed by atoms with Crippen molar-refractivity contribution in [1.29, 1.82) is 0 Å². The summed E-state index contributed by atoms with van der Waals surface area (Å²) >= 11 is 0. The summed E-state index contributed by atoms with van der Waals surface area (Å²) in [4.78, 5) is 41.6. The fraction of sp³-hybridized carbons (Fsp3) is 0.273. The first-order valence-electron chi connectivity index (χ1n) is 17.8. The minimum atomic E-state index is 0.175. The normalized spacial score (nSPS) is 23.9. The molecular weight excluding hydrogens is 617 g/mol. The maximum atomic E-state index is 13.1. The van der Waals surface area contributed by atoms with E-state index in [1.54, 1.807) is 0 Å². The van der Waals surface area contributed by atoms with E-state index >= 15 is 0 Å². The number of Topliss-reactive ketones (excluding diaryl/α,β-unsaturated/α-hetero) is 2. The van der Waals surface area contributed by atoms with Gasteiger partial charge in [0.2, 0.25) is 0 Å². The van der Waals surface area contributed by atoms with E-state index in [1.165, 1.54) is 11.1 Å². The summed E-state index contributed by atoms with van der Waals surface area (Å²) in [7, 11) is 0. The third-order valence-corrected chi connectivity index (χ3v) is 11.7. The fourth-order valence-corrected chi connectivity index (χ4v) is 8.72. The van der Waals surface area contributed by atoms with Crippen LogP contribution in [0.2, 0.25) is 0 Å². The number of aromatic nitrogens is 4. The molecule has 0 saturated heterocycles. The average molecular weight is 657 g/mol. The first-order valence-corrected chi connectivity index (χ1v) is 17.8. The highest BCUT2D eigenvalue weighted by atomic mass is 16.1. The van der Waals surface area contributed by atoms with Gasteiger partial charge in [0.25, 0.3) is 0 Å². The molecule has 6 heteroatoms. The lowest BCUT2D eigenvalue weighted by Crippen LogP contribution is -2.20. The molecule has 4 aliphatic rings. The monoisotopic (exact) mass is 656 g/mol. The molecule has 0 radical (unpaired) electrons. The van der Waals surface area contributed by atoms with Gasteiger partial charge in [-0.3, -0.25) is 19.6 Å². The Kier molecular flexibility index (Phi) is 7.13. The van der Waals surface area contributed by atoms with Crippen LogP contribution in [0, 0.1) is 22.7 Å². The molecule has 248 valence electrons. The second-order valence-corrected chi connectivity index (χ2v) is 15.4. The molecule has 0 amide bonds. The van der Waals surface area contributed by atoms with Crippen molar-refractivity contribution >= 4 is 11.6 Å². The molecule has 0 bridgehead atoms. The number of H-pyrrole nitrogens is 2. The first-order chi connectivity index (χ1) is 24.3. The summed E-state index contributed by atoms with van der Waals surface area (Å²) < 4.78 is 0. The highest BCUT2D eigenvalue weighted by molar-refractivity contribution is 6.06. The standard InChI is InChI=1S/2C22H20N2O/c2*1-22-12-17(22)21(25)19-16(11-14-5-3-2-4-6-14)20(24-18(19)13-22)15-7-9-23-10-8-15/h2*2-10,17,24H,11-13H2,1H3/t2*17-,22+/m10/s1. The smallest absolute Gasteiger partial charge is 0.168 e. The van der Waals surface area contributed by atoms with Crippen molar-refractivity contribution < 1.29 is 9.59 Å². The van der Waals surface area contributed by atoms with E-state index in [9.17, 15) is 9.59 Å². The summed E-state index contributed by atoms with van der Waals surface area (Å²) in [6, 6.07) is 28.8. The van der Waals surface area contributed by atoms with Gasteiger partial charge in [0.1, 0.15) is 0 Å². The molecule has 0 spiro atoms. The van der Waals surface area contributed by atoms with E-state index in [2.05, 4.69) is 82.3 Å². The van der Waals surface area contributed by atoms with Crippen LogP contribution >= 0.6 is 0 Å². The molecule has 2 N–H and O–H groups in total. The molecule has 0 aliphatic heterocycles. The van der Waals surface area contributed by atoms with Crippen LogP contribution in [-0.2, 0) is 25.7 Å². The van der Waals surface area contributed by atoms with Gasteiger partial charge in [-0.2, -0.15) is 0 Å². The van der Waals surface area contributed by atoms with Crippen LogP contribution in [0.5, 0.6) is 0 Å². The van der Waals surface area contributed by atoms with Crippen LogP contribution in [0.3, 0.4) is 0 Å². The van der Waals surface area contributed by atoms with Crippen molar-refractivity contribution in [3.8, 4) is 22.5 Å². The van der Waals surface area contributed by atoms with Crippen LogP contribution in [0.15, 0.2) is 110 Å². The second-order valence-electron chi connectivity index (χ2n) is 15.4. The number of hydrogen-bond acceptors (Lipinski definition) is 4. The summed E-state index contributed by atoms with van der Waals surface area (Å²) in [5.41, 5.74) is 13.6. The number of carbonyl (C=O) groups is 2. The molecule has 10 rings (SSSR count). The highest BCUT2D eigenvalue weighted by Gasteiger charge is 2.59. The van der Waals surface area contributed by atoms with Crippen molar-refractivity contribution in [3.63, 3.8) is 0 Å². The minimum absolute atomic E-state index is 0.175. The first kappa shape index (κ1) is 30.7. The molecule has 2 aromatic carbocycles. The number of benzene rings is 2. The summed E-state index contributed by atoms with van der Waals surface area (Å²) in [5.74, 6) is 1.11. The number of carbonyl (C=O) groups excluding carboxylic acids is 2. The van der Waals surface area contributed by atoms with Crippen LogP contribution in [0.25, 0.3) is 22.5 Å². The third-order valence-electron chi connectivity index (χ3n) is 11.7. The van der Waals surface area contributed by atoms with Crippen molar-refractivity contribution in [3.05, 3.63) is 154 Å². The van der Waals surface area contributed by atoms with Gasteiger partial charge in [-0.1, -0.05) is 74.5 Å². The number of aromatic amines is 2. The molecule has 4 aliphatic carbocycles. The summed E-state index contributed by atoms with van der Waals surface area (Å²) in [5, 5.41) is 0. The second kappa shape index (κ2) is 11.6. The largest absolute Gasteiger partial charge is 0.358 e. The zero-order valence-corrected chi connectivity index (χ0v) is 28.5. The maximum absolute atomic E-state index is 13.1. The number of pyridine rings is 2. The van der Waals surface area contributed by atoms with Gasteiger partial charge in [-0.05, 0) is 83.0 Å². The zero-order chi connectivity index (χ0) is 34.0. The van der Waals surface area contributed by atoms with Gasteiger partial charge in [0.05, 0.1) is 11.4 Å². The van der Waals surface area contributed by atoms with Crippen molar-refractivity contribution in [1.82, 2.24) is 19.9 Å². The fourth-order valence-electron chi connectivity index (χ4n) is 8.72. The van der Waals surface area contributed by atoms with E-state index < -0.39 is 0 Å². The Balaban J connectivity index is 0.000000135. The number of hydrogen-bond donors (Lipinski definition) is 2. The van der Waals surface area contributed by atoms with Gasteiger partial charge < -0.3 is 9.97 Å². The van der Waals surface area contributed by atoms with Crippen molar-refractivity contribution in [2.45, 2.75) is 52.4 Å².